The Hall–Kier alpha value is -2.33. The first-order valence-electron chi connectivity index (χ1n) is 9.94. The minimum absolute atomic E-state index is 0.0245. The van der Waals surface area contributed by atoms with Crippen molar-refractivity contribution < 1.29 is 9.59 Å². The van der Waals surface area contributed by atoms with Gasteiger partial charge in [0.15, 0.2) is 0 Å². The maximum absolute atomic E-state index is 13.0. The van der Waals surface area contributed by atoms with Crippen molar-refractivity contribution in [3.8, 4) is 0 Å². The predicted molar refractivity (Wildman–Crippen MR) is 112 cm³/mol. The summed E-state index contributed by atoms with van der Waals surface area (Å²) < 4.78 is 0. The fourth-order valence-corrected chi connectivity index (χ4v) is 3.85. The van der Waals surface area contributed by atoms with E-state index in [0.29, 0.717) is 24.4 Å². The summed E-state index contributed by atoms with van der Waals surface area (Å²) >= 11 is 6.00. The number of carbonyl (C=O) groups excluding carboxylic acids is 2. The molecule has 1 heterocycles. The molecule has 0 saturated carbocycles. The summed E-state index contributed by atoms with van der Waals surface area (Å²) in [7, 11) is 0. The van der Waals surface area contributed by atoms with Crippen molar-refractivity contribution >= 4 is 23.4 Å². The van der Waals surface area contributed by atoms with Crippen molar-refractivity contribution in [2.24, 2.45) is 5.92 Å². The molecule has 1 saturated heterocycles. The summed E-state index contributed by atoms with van der Waals surface area (Å²) in [6.07, 6.45) is 2.87. The molecular weight excluding hydrogens is 372 g/mol. The van der Waals surface area contributed by atoms with E-state index in [1.807, 2.05) is 66.4 Å². The second-order valence-electron chi connectivity index (χ2n) is 7.33. The van der Waals surface area contributed by atoms with E-state index in [9.17, 15) is 9.59 Å². The molecule has 1 aliphatic heterocycles. The van der Waals surface area contributed by atoms with Gasteiger partial charge in [0.1, 0.15) is 0 Å². The van der Waals surface area contributed by atoms with Gasteiger partial charge in [0.25, 0.3) is 0 Å². The van der Waals surface area contributed by atoms with Crippen molar-refractivity contribution in [1.29, 1.82) is 0 Å². The summed E-state index contributed by atoms with van der Waals surface area (Å²) in [5.41, 5.74) is 2.19. The Morgan fingerprint density at radius 2 is 1.86 bits per heavy atom. The van der Waals surface area contributed by atoms with Gasteiger partial charge in [-0.1, -0.05) is 61.0 Å². The van der Waals surface area contributed by atoms with Crippen molar-refractivity contribution in [1.82, 2.24) is 10.2 Å². The largest absolute Gasteiger partial charge is 0.349 e. The molecule has 2 aromatic carbocycles. The van der Waals surface area contributed by atoms with E-state index in [1.54, 1.807) is 0 Å². The Kier molecular flexibility index (Phi) is 7.10. The Morgan fingerprint density at radius 3 is 2.54 bits per heavy atom. The molecule has 0 bridgehead atoms. The molecular formula is C23H27ClN2O2. The molecule has 2 amide bonds. The first-order valence-corrected chi connectivity index (χ1v) is 10.3. The number of halogens is 1. The molecule has 2 aromatic rings. The van der Waals surface area contributed by atoms with Gasteiger partial charge in [0.2, 0.25) is 11.8 Å². The third-order valence-electron chi connectivity index (χ3n) is 5.32. The summed E-state index contributed by atoms with van der Waals surface area (Å²) in [5, 5.41) is 3.93. The predicted octanol–water partition coefficient (Wildman–Crippen LogP) is 4.39. The van der Waals surface area contributed by atoms with Crippen LogP contribution in [-0.4, -0.2) is 29.8 Å². The number of benzene rings is 2. The number of carbonyl (C=O) groups is 2. The van der Waals surface area contributed by atoms with Gasteiger partial charge in [-0.15, -0.1) is 0 Å². The summed E-state index contributed by atoms with van der Waals surface area (Å²) in [4.78, 5) is 26.9. The number of hydrogen-bond acceptors (Lipinski definition) is 2. The fraction of sp³-hybridized carbons (Fsp3) is 0.391. The normalized spacial score (nSPS) is 17.8. The average molecular weight is 399 g/mol. The minimum atomic E-state index is -0.152. The van der Waals surface area contributed by atoms with Crippen LogP contribution in [0.3, 0.4) is 0 Å². The maximum atomic E-state index is 13.0. The van der Waals surface area contributed by atoms with E-state index in [4.69, 9.17) is 11.6 Å². The standard InChI is InChI=1S/C23H27ClN2O2/c1-2-22(27)26-14-6-9-19(16-26)23(28)25-21(18-7-4-3-5-8-18)15-17-10-12-20(24)13-11-17/h3-5,7-8,10-13,19,21H,2,6,9,14-16H2,1H3,(H,25,28). The fourth-order valence-electron chi connectivity index (χ4n) is 3.72. The zero-order valence-electron chi connectivity index (χ0n) is 16.2. The molecule has 0 radical (unpaired) electrons. The van der Waals surface area contributed by atoms with Crippen LogP contribution in [0.2, 0.25) is 5.02 Å². The lowest BCUT2D eigenvalue weighted by Gasteiger charge is -2.33. The summed E-state index contributed by atoms with van der Waals surface area (Å²) in [6.45, 7) is 3.13. The number of nitrogens with zero attached hydrogens (tertiary/aromatic N) is 1. The molecule has 2 unspecified atom stereocenters. The Bertz CT molecular complexity index is 792. The monoisotopic (exact) mass is 398 g/mol. The summed E-state index contributed by atoms with van der Waals surface area (Å²) in [6, 6.07) is 17.6. The molecule has 4 nitrogen and oxygen atoms in total. The van der Waals surface area contributed by atoms with E-state index in [1.165, 1.54) is 0 Å². The van der Waals surface area contributed by atoms with Crippen LogP contribution >= 0.6 is 11.6 Å². The van der Waals surface area contributed by atoms with Gasteiger partial charge >= 0.3 is 0 Å². The highest BCUT2D eigenvalue weighted by molar-refractivity contribution is 6.30. The van der Waals surface area contributed by atoms with Crippen molar-refractivity contribution in [3.05, 3.63) is 70.7 Å². The zero-order chi connectivity index (χ0) is 19.9. The third kappa shape index (κ3) is 5.35. The van der Waals surface area contributed by atoms with E-state index in [2.05, 4.69) is 5.32 Å². The van der Waals surface area contributed by atoms with Crippen LogP contribution in [0.15, 0.2) is 54.6 Å². The second kappa shape index (κ2) is 9.74. The Balaban J connectivity index is 1.72. The van der Waals surface area contributed by atoms with Crippen LogP contribution < -0.4 is 5.32 Å². The Morgan fingerprint density at radius 1 is 1.14 bits per heavy atom. The van der Waals surface area contributed by atoms with Crippen LogP contribution in [0.25, 0.3) is 0 Å². The van der Waals surface area contributed by atoms with Crippen LogP contribution in [0.1, 0.15) is 43.4 Å². The molecule has 5 heteroatoms. The number of likely N-dealkylation sites (tertiary alicyclic amines) is 1. The quantitative estimate of drug-likeness (QED) is 0.784. The lowest BCUT2D eigenvalue weighted by Crippen LogP contribution is -2.46. The highest BCUT2D eigenvalue weighted by atomic mass is 35.5. The number of hydrogen-bond donors (Lipinski definition) is 1. The molecule has 0 aromatic heterocycles. The van der Waals surface area contributed by atoms with E-state index in [-0.39, 0.29) is 23.8 Å². The maximum Gasteiger partial charge on any atom is 0.225 e. The average Bonchev–Trinajstić information content (AvgIpc) is 2.75. The lowest BCUT2D eigenvalue weighted by atomic mass is 9.94. The molecule has 3 rings (SSSR count). The van der Waals surface area contributed by atoms with Gasteiger partial charge in [-0.2, -0.15) is 0 Å². The molecule has 2 atom stereocenters. The van der Waals surface area contributed by atoms with Crippen LogP contribution in [0, 0.1) is 5.92 Å². The molecule has 148 valence electrons. The molecule has 0 aliphatic carbocycles. The van der Waals surface area contributed by atoms with Crippen LogP contribution in [0.5, 0.6) is 0 Å². The van der Waals surface area contributed by atoms with Gasteiger partial charge in [-0.05, 0) is 42.5 Å². The van der Waals surface area contributed by atoms with Crippen molar-refractivity contribution in [2.75, 3.05) is 13.1 Å². The number of amides is 2. The number of nitrogens with one attached hydrogen (secondary N) is 1. The topological polar surface area (TPSA) is 49.4 Å². The van der Waals surface area contributed by atoms with Gasteiger partial charge in [-0.25, -0.2) is 0 Å². The first-order chi connectivity index (χ1) is 13.6. The van der Waals surface area contributed by atoms with Crippen molar-refractivity contribution in [2.45, 2.75) is 38.6 Å². The van der Waals surface area contributed by atoms with Gasteiger partial charge in [0.05, 0.1) is 12.0 Å². The minimum Gasteiger partial charge on any atom is -0.349 e. The molecule has 28 heavy (non-hydrogen) atoms. The van der Waals surface area contributed by atoms with Crippen molar-refractivity contribution in [3.63, 3.8) is 0 Å². The molecule has 1 aliphatic rings. The highest BCUT2D eigenvalue weighted by Crippen LogP contribution is 2.23. The first kappa shape index (κ1) is 20.4. The molecule has 1 fully saturated rings. The smallest absolute Gasteiger partial charge is 0.225 e. The van der Waals surface area contributed by atoms with E-state index in [0.717, 1.165) is 30.5 Å². The second-order valence-corrected chi connectivity index (χ2v) is 7.77. The number of piperidine rings is 1. The number of rotatable bonds is 6. The summed E-state index contributed by atoms with van der Waals surface area (Å²) in [5.74, 6) is -0.00428. The van der Waals surface area contributed by atoms with Gasteiger partial charge < -0.3 is 10.2 Å². The molecule has 1 N–H and O–H groups in total. The van der Waals surface area contributed by atoms with Gasteiger partial charge in [0, 0.05) is 24.5 Å². The third-order valence-corrected chi connectivity index (χ3v) is 5.57. The van der Waals surface area contributed by atoms with Gasteiger partial charge in [-0.3, -0.25) is 9.59 Å². The van der Waals surface area contributed by atoms with Crippen LogP contribution in [0.4, 0.5) is 0 Å². The molecule has 0 spiro atoms. The van der Waals surface area contributed by atoms with E-state index >= 15 is 0 Å². The van der Waals surface area contributed by atoms with Crippen LogP contribution in [-0.2, 0) is 16.0 Å². The lowest BCUT2D eigenvalue weighted by molar-refractivity contribution is -0.135. The SMILES string of the molecule is CCC(=O)N1CCCC(C(=O)NC(Cc2ccc(Cl)cc2)c2ccccc2)C1. The highest BCUT2D eigenvalue weighted by Gasteiger charge is 2.29. The zero-order valence-corrected chi connectivity index (χ0v) is 17.0. The van der Waals surface area contributed by atoms with E-state index < -0.39 is 0 Å². The Labute approximate surface area is 171 Å².